The van der Waals surface area contributed by atoms with Crippen LogP contribution in [0.2, 0.25) is 0 Å². The Labute approximate surface area is 110 Å². The van der Waals surface area contributed by atoms with Crippen LogP contribution in [0.15, 0.2) is 27.6 Å². The van der Waals surface area contributed by atoms with E-state index in [2.05, 4.69) is 15.9 Å². The highest BCUT2D eigenvalue weighted by molar-refractivity contribution is 9.10. The first-order chi connectivity index (χ1) is 7.33. The van der Waals surface area contributed by atoms with Crippen LogP contribution in [0.4, 0.5) is 5.69 Å². The van der Waals surface area contributed by atoms with Crippen molar-refractivity contribution in [3.63, 3.8) is 0 Å². The Kier molecular flexibility index (Phi) is 4.71. The highest BCUT2D eigenvalue weighted by Gasteiger charge is 2.25. The number of hydrogen-bond acceptors (Lipinski definition) is 3. The van der Waals surface area contributed by atoms with Gasteiger partial charge in [-0.25, -0.2) is 0 Å². The molecule has 1 atom stereocenters. The highest BCUT2D eigenvalue weighted by Crippen LogP contribution is 2.32. The van der Waals surface area contributed by atoms with Crippen LogP contribution in [0.25, 0.3) is 0 Å². The summed E-state index contributed by atoms with van der Waals surface area (Å²) >= 11 is 5.11. The SMILES string of the molecule is CC(C)C(C)(O)CSc1ccc(N)cc1Br. The predicted octanol–water partition coefficient (Wildman–Crippen LogP) is 3.53. The number of benzene rings is 1. The average molecular weight is 304 g/mol. The van der Waals surface area contributed by atoms with Gasteiger partial charge in [0.05, 0.1) is 5.60 Å². The second kappa shape index (κ2) is 5.43. The Morgan fingerprint density at radius 3 is 2.62 bits per heavy atom. The van der Waals surface area contributed by atoms with Crippen LogP contribution in [0.3, 0.4) is 0 Å². The van der Waals surface area contributed by atoms with Gasteiger partial charge in [0.2, 0.25) is 0 Å². The molecule has 1 aromatic carbocycles. The monoisotopic (exact) mass is 303 g/mol. The number of hydrogen-bond donors (Lipinski definition) is 2. The van der Waals surface area contributed by atoms with Gasteiger partial charge in [0, 0.05) is 20.8 Å². The molecule has 4 heteroatoms. The number of thioether (sulfide) groups is 1. The predicted molar refractivity (Wildman–Crippen MR) is 74.7 cm³/mol. The molecule has 90 valence electrons. The van der Waals surface area contributed by atoms with Gasteiger partial charge in [-0.3, -0.25) is 0 Å². The lowest BCUT2D eigenvalue weighted by Gasteiger charge is -2.27. The zero-order chi connectivity index (χ0) is 12.3. The standard InChI is InChI=1S/C12H18BrNOS/c1-8(2)12(3,15)7-16-11-5-4-9(14)6-10(11)13/h4-6,8,15H,7,14H2,1-3H3. The molecule has 0 aliphatic rings. The summed E-state index contributed by atoms with van der Waals surface area (Å²) in [7, 11) is 0. The molecule has 0 saturated carbocycles. The van der Waals surface area contributed by atoms with Gasteiger partial charge in [-0.05, 0) is 47.0 Å². The number of aliphatic hydroxyl groups is 1. The summed E-state index contributed by atoms with van der Waals surface area (Å²) in [4.78, 5) is 1.11. The van der Waals surface area contributed by atoms with Gasteiger partial charge in [-0.1, -0.05) is 13.8 Å². The molecular weight excluding hydrogens is 286 g/mol. The smallest absolute Gasteiger partial charge is 0.0736 e. The van der Waals surface area contributed by atoms with E-state index >= 15 is 0 Å². The lowest BCUT2D eigenvalue weighted by Crippen LogP contribution is -2.33. The molecule has 0 radical (unpaired) electrons. The van der Waals surface area contributed by atoms with Crippen molar-refractivity contribution in [3.05, 3.63) is 22.7 Å². The van der Waals surface area contributed by atoms with Gasteiger partial charge in [0.1, 0.15) is 0 Å². The molecule has 2 nitrogen and oxygen atoms in total. The molecule has 1 aromatic rings. The van der Waals surface area contributed by atoms with Crippen LogP contribution < -0.4 is 5.73 Å². The summed E-state index contributed by atoms with van der Waals surface area (Å²) in [5.41, 5.74) is 5.76. The minimum Gasteiger partial charge on any atom is -0.399 e. The topological polar surface area (TPSA) is 46.2 Å². The van der Waals surface area contributed by atoms with Crippen molar-refractivity contribution in [2.75, 3.05) is 11.5 Å². The first kappa shape index (κ1) is 13.9. The molecule has 0 amide bonds. The molecule has 16 heavy (non-hydrogen) atoms. The fourth-order valence-electron chi connectivity index (χ4n) is 1.02. The van der Waals surface area contributed by atoms with Crippen LogP contribution in [-0.4, -0.2) is 16.5 Å². The van der Waals surface area contributed by atoms with Gasteiger partial charge in [-0.15, -0.1) is 11.8 Å². The molecule has 0 bridgehead atoms. The minimum atomic E-state index is -0.647. The Hall–Kier alpha value is -0.190. The molecule has 1 rings (SSSR count). The van der Waals surface area contributed by atoms with Crippen LogP contribution in [0.5, 0.6) is 0 Å². The molecule has 1 unspecified atom stereocenters. The van der Waals surface area contributed by atoms with Crippen molar-refractivity contribution in [2.45, 2.75) is 31.3 Å². The summed E-state index contributed by atoms with van der Waals surface area (Å²) in [6.07, 6.45) is 0. The third kappa shape index (κ3) is 3.68. The van der Waals surface area contributed by atoms with Crippen molar-refractivity contribution in [1.82, 2.24) is 0 Å². The Morgan fingerprint density at radius 2 is 2.12 bits per heavy atom. The van der Waals surface area contributed by atoms with Crippen molar-refractivity contribution < 1.29 is 5.11 Å². The molecule has 0 aromatic heterocycles. The second-order valence-corrected chi connectivity index (χ2v) is 6.36. The van der Waals surface area contributed by atoms with Gasteiger partial charge in [-0.2, -0.15) is 0 Å². The van der Waals surface area contributed by atoms with Gasteiger partial charge in [0.15, 0.2) is 0 Å². The second-order valence-electron chi connectivity index (χ2n) is 4.49. The molecule has 0 aliphatic carbocycles. The van der Waals surface area contributed by atoms with E-state index in [9.17, 15) is 5.11 Å². The quantitative estimate of drug-likeness (QED) is 0.661. The van der Waals surface area contributed by atoms with E-state index < -0.39 is 5.60 Å². The average Bonchev–Trinajstić information content (AvgIpc) is 2.16. The van der Waals surface area contributed by atoms with Crippen molar-refractivity contribution in [1.29, 1.82) is 0 Å². The van der Waals surface area contributed by atoms with Crippen LogP contribution in [-0.2, 0) is 0 Å². The largest absolute Gasteiger partial charge is 0.399 e. The van der Waals surface area contributed by atoms with Crippen LogP contribution in [0, 0.1) is 5.92 Å². The fraction of sp³-hybridized carbons (Fsp3) is 0.500. The Morgan fingerprint density at radius 1 is 1.50 bits per heavy atom. The minimum absolute atomic E-state index is 0.243. The van der Waals surface area contributed by atoms with Crippen LogP contribution in [0.1, 0.15) is 20.8 Å². The number of nitrogens with two attached hydrogens (primary N) is 1. The molecule has 0 heterocycles. The summed E-state index contributed by atoms with van der Waals surface area (Å²) in [6, 6.07) is 5.73. The third-order valence-corrected chi connectivity index (χ3v) is 5.03. The van der Waals surface area contributed by atoms with Gasteiger partial charge < -0.3 is 10.8 Å². The van der Waals surface area contributed by atoms with E-state index in [-0.39, 0.29) is 5.92 Å². The third-order valence-electron chi connectivity index (χ3n) is 2.72. The molecular formula is C12H18BrNOS. The molecule has 3 N–H and O–H groups in total. The maximum atomic E-state index is 10.1. The highest BCUT2D eigenvalue weighted by atomic mass is 79.9. The van der Waals surface area contributed by atoms with E-state index in [1.807, 2.05) is 39.0 Å². The van der Waals surface area contributed by atoms with E-state index in [4.69, 9.17) is 5.73 Å². The Bertz CT molecular complexity index is 366. The summed E-state index contributed by atoms with van der Waals surface area (Å²) in [5, 5.41) is 10.1. The zero-order valence-electron chi connectivity index (χ0n) is 9.83. The summed E-state index contributed by atoms with van der Waals surface area (Å²) in [5.74, 6) is 0.917. The van der Waals surface area contributed by atoms with Crippen LogP contribution >= 0.6 is 27.7 Å². The summed E-state index contributed by atoms with van der Waals surface area (Å²) in [6.45, 7) is 5.92. The van der Waals surface area contributed by atoms with Crippen molar-refractivity contribution >= 4 is 33.4 Å². The van der Waals surface area contributed by atoms with E-state index in [0.717, 1.165) is 15.1 Å². The maximum absolute atomic E-state index is 10.1. The van der Waals surface area contributed by atoms with Gasteiger partial charge in [0.25, 0.3) is 0 Å². The summed E-state index contributed by atoms with van der Waals surface area (Å²) < 4.78 is 0.983. The zero-order valence-corrected chi connectivity index (χ0v) is 12.2. The molecule has 0 fully saturated rings. The number of halogens is 1. The van der Waals surface area contributed by atoms with E-state index in [0.29, 0.717) is 5.75 Å². The fourth-order valence-corrected chi connectivity index (χ4v) is 2.91. The number of anilines is 1. The molecule has 0 spiro atoms. The lowest BCUT2D eigenvalue weighted by molar-refractivity contribution is 0.0376. The number of rotatable bonds is 4. The van der Waals surface area contributed by atoms with E-state index in [1.54, 1.807) is 11.8 Å². The lowest BCUT2D eigenvalue weighted by atomic mass is 9.95. The first-order valence-electron chi connectivity index (χ1n) is 5.23. The maximum Gasteiger partial charge on any atom is 0.0736 e. The van der Waals surface area contributed by atoms with Crippen molar-refractivity contribution in [2.24, 2.45) is 5.92 Å². The van der Waals surface area contributed by atoms with Crippen molar-refractivity contribution in [3.8, 4) is 0 Å². The normalized spacial score (nSPS) is 15.1. The number of nitrogen functional groups attached to an aromatic ring is 1. The molecule has 0 saturated heterocycles. The Balaban J connectivity index is 2.68. The van der Waals surface area contributed by atoms with E-state index in [1.165, 1.54) is 0 Å². The molecule has 0 aliphatic heterocycles. The van der Waals surface area contributed by atoms with Gasteiger partial charge >= 0.3 is 0 Å². The first-order valence-corrected chi connectivity index (χ1v) is 7.01.